The van der Waals surface area contributed by atoms with Gasteiger partial charge in [-0.15, -0.1) is 0 Å². The van der Waals surface area contributed by atoms with Gasteiger partial charge in [-0.25, -0.2) is 4.39 Å². The largest absolute Gasteiger partial charge is 0.490 e. The number of nitriles is 1. The number of halogens is 2. The lowest BCUT2D eigenvalue weighted by Crippen LogP contribution is -2.00. The van der Waals surface area contributed by atoms with Crippen molar-refractivity contribution in [2.24, 2.45) is 0 Å². The Hall–Kier alpha value is -1.63. The summed E-state index contributed by atoms with van der Waals surface area (Å²) in [5.74, 6) is -2.40. The highest BCUT2D eigenvalue weighted by Crippen LogP contribution is 2.22. The maximum atomic E-state index is 13.1. The Kier molecular flexibility index (Phi) is 3.41. The van der Waals surface area contributed by atoms with Crippen LogP contribution in [0.1, 0.15) is 18.9 Å². The van der Waals surface area contributed by atoms with Crippen LogP contribution >= 0.6 is 0 Å². The molecule has 2 nitrogen and oxygen atoms in total. The Morgan fingerprint density at radius 3 is 2.64 bits per heavy atom. The van der Waals surface area contributed by atoms with Crippen molar-refractivity contribution in [3.63, 3.8) is 0 Å². The molecule has 1 aromatic rings. The highest BCUT2D eigenvalue weighted by molar-refractivity contribution is 5.37. The SMILES string of the molecule is CCCOc1ccc(C#N)c(F)c1F. The number of ether oxygens (including phenoxy) is 1. The molecule has 0 unspecified atom stereocenters. The number of rotatable bonds is 3. The lowest BCUT2D eigenvalue weighted by molar-refractivity contribution is 0.295. The molecule has 0 aliphatic heterocycles. The number of nitrogens with zero attached hydrogens (tertiary/aromatic N) is 1. The van der Waals surface area contributed by atoms with Gasteiger partial charge in [-0.05, 0) is 18.6 Å². The summed E-state index contributed by atoms with van der Waals surface area (Å²) < 4.78 is 31.1. The van der Waals surface area contributed by atoms with Gasteiger partial charge in [0.05, 0.1) is 12.2 Å². The van der Waals surface area contributed by atoms with Crippen LogP contribution in [0.3, 0.4) is 0 Å². The van der Waals surface area contributed by atoms with Crippen LogP contribution < -0.4 is 4.74 Å². The minimum Gasteiger partial charge on any atom is -0.490 e. The Morgan fingerprint density at radius 1 is 1.36 bits per heavy atom. The smallest absolute Gasteiger partial charge is 0.201 e. The van der Waals surface area contributed by atoms with Crippen molar-refractivity contribution in [3.05, 3.63) is 29.3 Å². The lowest BCUT2D eigenvalue weighted by Gasteiger charge is -2.06. The van der Waals surface area contributed by atoms with Crippen molar-refractivity contribution in [2.45, 2.75) is 13.3 Å². The highest BCUT2D eigenvalue weighted by atomic mass is 19.2. The first-order valence-electron chi connectivity index (χ1n) is 4.21. The van der Waals surface area contributed by atoms with Gasteiger partial charge in [-0.3, -0.25) is 0 Å². The van der Waals surface area contributed by atoms with Crippen LogP contribution in [0.25, 0.3) is 0 Å². The van der Waals surface area contributed by atoms with E-state index in [4.69, 9.17) is 10.00 Å². The van der Waals surface area contributed by atoms with Crippen molar-refractivity contribution in [2.75, 3.05) is 6.61 Å². The maximum absolute atomic E-state index is 13.1. The van der Waals surface area contributed by atoms with E-state index in [1.807, 2.05) is 6.92 Å². The fourth-order valence-corrected chi connectivity index (χ4v) is 0.942. The molecular formula is C10H9F2NO. The Labute approximate surface area is 80.7 Å². The molecule has 4 heteroatoms. The Balaban J connectivity index is 3.00. The van der Waals surface area contributed by atoms with E-state index >= 15 is 0 Å². The molecule has 74 valence electrons. The topological polar surface area (TPSA) is 33.0 Å². The molecular weight excluding hydrogens is 188 g/mol. The van der Waals surface area contributed by atoms with E-state index in [1.165, 1.54) is 12.1 Å². The van der Waals surface area contributed by atoms with Crippen LogP contribution in [0.2, 0.25) is 0 Å². The normalized spacial score (nSPS) is 9.57. The molecule has 0 aromatic heterocycles. The molecule has 0 amide bonds. The molecule has 0 fully saturated rings. The molecule has 0 saturated heterocycles. The molecule has 0 aliphatic carbocycles. The highest BCUT2D eigenvalue weighted by Gasteiger charge is 2.13. The minimum atomic E-state index is -1.15. The molecule has 0 spiro atoms. The van der Waals surface area contributed by atoms with Crippen LogP contribution in [-0.4, -0.2) is 6.61 Å². The second-order valence-corrected chi connectivity index (χ2v) is 2.70. The van der Waals surface area contributed by atoms with Crippen molar-refractivity contribution < 1.29 is 13.5 Å². The fraction of sp³-hybridized carbons (Fsp3) is 0.300. The van der Waals surface area contributed by atoms with E-state index in [2.05, 4.69) is 0 Å². The van der Waals surface area contributed by atoms with E-state index < -0.39 is 11.6 Å². The van der Waals surface area contributed by atoms with Crippen molar-refractivity contribution in [1.82, 2.24) is 0 Å². The molecule has 1 aromatic carbocycles. The minimum absolute atomic E-state index is 0.150. The summed E-state index contributed by atoms with van der Waals surface area (Å²) in [5.41, 5.74) is -0.314. The van der Waals surface area contributed by atoms with Gasteiger partial charge in [0.1, 0.15) is 6.07 Å². The third kappa shape index (κ3) is 1.99. The molecule has 0 aliphatic rings. The van der Waals surface area contributed by atoms with Crippen LogP contribution in [0.5, 0.6) is 5.75 Å². The van der Waals surface area contributed by atoms with Gasteiger partial charge in [0.25, 0.3) is 0 Å². The van der Waals surface area contributed by atoms with Gasteiger partial charge in [0.15, 0.2) is 11.6 Å². The van der Waals surface area contributed by atoms with Gasteiger partial charge in [-0.2, -0.15) is 9.65 Å². The predicted molar refractivity (Wildman–Crippen MR) is 46.9 cm³/mol. The van der Waals surface area contributed by atoms with E-state index in [1.54, 1.807) is 6.07 Å². The number of benzene rings is 1. The number of hydrogen-bond acceptors (Lipinski definition) is 2. The molecule has 14 heavy (non-hydrogen) atoms. The van der Waals surface area contributed by atoms with Crippen LogP contribution in [0.15, 0.2) is 12.1 Å². The van der Waals surface area contributed by atoms with E-state index in [-0.39, 0.29) is 11.3 Å². The molecule has 0 bridgehead atoms. The maximum Gasteiger partial charge on any atom is 0.201 e. The van der Waals surface area contributed by atoms with Crippen LogP contribution in [-0.2, 0) is 0 Å². The summed E-state index contributed by atoms with van der Waals surface area (Å²) in [6.45, 7) is 2.18. The third-order valence-electron chi connectivity index (χ3n) is 1.63. The molecule has 0 radical (unpaired) electrons. The second-order valence-electron chi connectivity index (χ2n) is 2.70. The van der Waals surface area contributed by atoms with Gasteiger partial charge >= 0.3 is 0 Å². The molecule has 0 saturated carbocycles. The summed E-state index contributed by atoms with van der Waals surface area (Å²) >= 11 is 0. The average molecular weight is 197 g/mol. The molecule has 0 heterocycles. The van der Waals surface area contributed by atoms with Crippen molar-refractivity contribution >= 4 is 0 Å². The Morgan fingerprint density at radius 2 is 2.07 bits per heavy atom. The zero-order valence-electron chi connectivity index (χ0n) is 7.68. The summed E-state index contributed by atoms with van der Waals surface area (Å²) in [5, 5.41) is 8.41. The number of hydrogen-bond donors (Lipinski definition) is 0. The van der Waals surface area contributed by atoms with Gasteiger partial charge in [0.2, 0.25) is 5.82 Å². The monoisotopic (exact) mass is 197 g/mol. The van der Waals surface area contributed by atoms with Crippen molar-refractivity contribution in [3.8, 4) is 11.8 Å². The fourth-order valence-electron chi connectivity index (χ4n) is 0.942. The summed E-state index contributed by atoms with van der Waals surface area (Å²) in [7, 11) is 0. The van der Waals surface area contributed by atoms with Gasteiger partial charge in [0, 0.05) is 0 Å². The van der Waals surface area contributed by atoms with E-state index in [0.717, 1.165) is 0 Å². The average Bonchev–Trinajstić information content (AvgIpc) is 2.20. The zero-order valence-corrected chi connectivity index (χ0v) is 7.68. The third-order valence-corrected chi connectivity index (χ3v) is 1.63. The predicted octanol–water partition coefficient (Wildman–Crippen LogP) is 2.63. The molecule has 0 atom stereocenters. The van der Waals surface area contributed by atoms with E-state index in [9.17, 15) is 8.78 Å². The summed E-state index contributed by atoms with van der Waals surface area (Å²) in [6.07, 6.45) is 0.709. The zero-order chi connectivity index (χ0) is 10.6. The summed E-state index contributed by atoms with van der Waals surface area (Å²) in [6, 6.07) is 4.00. The molecule has 0 N–H and O–H groups in total. The van der Waals surface area contributed by atoms with Crippen molar-refractivity contribution in [1.29, 1.82) is 5.26 Å². The Bertz CT molecular complexity index is 371. The first-order valence-corrected chi connectivity index (χ1v) is 4.21. The standard InChI is InChI=1S/C10H9F2NO/c1-2-5-14-8-4-3-7(6-13)9(11)10(8)12/h3-4H,2,5H2,1H3. The first kappa shape index (κ1) is 10.5. The lowest BCUT2D eigenvalue weighted by atomic mass is 10.2. The van der Waals surface area contributed by atoms with E-state index in [0.29, 0.717) is 13.0 Å². The quantitative estimate of drug-likeness (QED) is 0.746. The van der Waals surface area contributed by atoms with Crippen LogP contribution in [0.4, 0.5) is 8.78 Å². The molecule has 1 rings (SSSR count). The second kappa shape index (κ2) is 4.56. The first-order chi connectivity index (χ1) is 6.70. The van der Waals surface area contributed by atoms with Gasteiger partial charge < -0.3 is 4.74 Å². The van der Waals surface area contributed by atoms with Gasteiger partial charge in [-0.1, -0.05) is 6.92 Å². The van der Waals surface area contributed by atoms with Crippen LogP contribution in [0, 0.1) is 23.0 Å². The summed E-state index contributed by atoms with van der Waals surface area (Å²) in [4.78, 5) is 0.